The molecular weight excluding hydrogens is 363 g/mol. The molecular formula is C17H16F3N5O2. The third-order valence-corrected chi connectivity index (χ3v) is 4.06. The summed E-state index contributed by atoms with van der Waals surface area (Å²) in [6.07, 6.45) is -3.52. The van der Waals surface area contributed by atoms with Crippen molar-refractivity contribution in [2.24, 2.45) is 7.05 Å². The van der Waals surface area contributed by atoms with E-state index in [1.807, 2.05) is 6.07 Å². The summed E-state index contributed by atoms with van der Waals surface area (Å²) in [6, 6.07) is 9.63. The highest BCUT2D eigenvalue weighted by Crippen LogP contribution is 2.27. The molecule has 1 aromatic carbocycles. The van der Waals surface area contributed by atoms with Crippen LogP contribution in [0.3, 0.4) is 0 Å². The molecule has 0 aliphatic carbocycles. The van der Waals surface area contributed by atoms with E-state index in [2.05, 4.69) is 10.4 Å². The van der Waals surface area contributed by atoms with Crippen LogP contribution in [0.15, 0.2) is 47.4 Å². The van der Waals surface area contributed by atoms with Gasteiger partial charge in [-0.05, 0) is 25.1 Å². The number of halogens is 3. The van der Waals surface area contributed by atoms with Crippen molar-refractivity contribution in [3.05, 3.63) is 64.3 Å². The van der Waals surface area contributed by atoms with Crippen molar-refractivity contribution >= 4 is 11.6 Å². The van der Waals surface area contributed by atoms with Crippen LogP contribution in [-0.4, -0.2) is 25.1 Å². The Labute approximate surface area is 151 Å². The number of rotatable bonds is 4. The molecule has 3 aromatic rings. The third-order valence-electron chi connectivity index (χ3n) is 4.06. The van der Waals surface area contributed by atoms with Gasteiger partial charge in [-0.1, -0.05) is 18.2 Å². The number of carbonyl (C=O) groups is 1. The van der Waals surface area contributed by atoms with Gasteiger partial charge in [0.05, 0.1) is 11.4 Å². The fourth-order valence-electron chi connectivity index (χ4n) is 2.64. The Balaban J connectivity index is 1.83. The minimum atomic E-state index is -4.58. The summed E-state index contributed by atoms with van der Waals surface area (Å²) < 4.78 is 41.6. The van der Waals surface area contributed by atoms with Crippen LogP contribution >= 0.6 is 0 Å². The van der Waals surface area contributed by atoms with Gasteiger partial charge >= 0.3 is 6.18 Å². The SMILES string of the molecule is Cc1c(NC(=O)Cn2ccc(C(F)(F)F)n2)c(=O)n(-c2ccccc2)n1C. The average Bonchev–Trinajstić information content (AvgIpc) is 3.15. The Bertz CT molecular complexity index is 1030. The predicted molar refractivity (Wildman–Crippen MR) is 91.6 cm³/mol. The number of hydrogen-bond donors (Lipinski definition) is 1. The van der Waals surface area contributed by atoms with Crippen LogP contribution in [-0.2, 0) is 24.6 Å². The topological polar surface area (TPSA) is 73.8 Å². The molecule has 0 radical (unpaired) electrons. The Morgan fingerprint density at radius 3 is 2.44 bits per heavy atom. The minimum absolute atomic E-state index is 0.0644. The van der Waals surface area contributed by atoms with E-state index >= 15 is 0 Å². The van der Waals surface area contributed by atoms with Crippen LogP contribution in [0.1, 0.15) is 11.4 Å². The lowest BCUT2D eigenvalue weighted by Crippen LogP contribution is -2.25. The van der Waals surface area contributed by atoms with Crippen molar-refractivity contribution in [3.8, 4) is 5.69 Å². The normalized spacial score (nSPS) is 11.6. The molecule has 27 heavy (non-hydrogen) atoms. The molecule has 0 aliphatic rings. The molecule has 2 aromatic heterocycles. The van der Waals surface area contributed by atoms with Gasteiger partial charge in [0.15, 0.2) is 5.69 Å². The molecule has 0 saturated heterocycles. The summed E-state index contributed by atoms with van der Waals surface area (Å²) in [4.78, 5) is 24.9. The number of carbonyl (C=O) groups excluding carboxylic acids is 1. The molecule has 10 heteroatoms. The molecule has 0 fully saturated rings. The van der Waals surface area contributed by atoms with Crippen LogP contribution in [0, 0.1) is 6.92 Å². The molecule has 0 aliphatic heterocycles. The Morgan fingerprint density at radius 1 is 1.19 bits per heavy atom. The fourth-order valence-corrected chi connectivity index (χ4v) is 2.64. The molecule has 0 unspecified atom stereocenters. The number of nitrogens with one attached hydrogen (secondary N) is 1. The molecule has 3 rings (SSSR count). The summed E-state index contributed by atoms with van der Waals surface area (Å²) >= 11 is 0. The minimum Gasteiger partial charge on any atom is -0.318 e. The number of hydrogen-bond acceptors (Lipinski definition) is 3. The number of aromatic nitrogens is 4. The van der Waals surface area contributed by atoms with Gasteiger partial charge in [-0.15, -0.1) is 0 Å². The standard InChI is InChI=1S/C17H16F3N5O2/c1-11-15(16(27)25(23(11)2)12-6-4-3-5-7-12)21-14(26)10-24-9-8-13(22-24)17(18,19)20/h3-9H,10H2,1-2H3,(H,21,26). The maximum atomic E-state index is 12.7. The van der Waals surface area contributed by atoms with Gasteiger partial charge in [-0.3, -0.25) is 19.0 Å². The Kier molecular flexibility index (Phi) is 4.64. The number of amides is 1. The van der Waals surface area contributed by atoms with Crippen LogP contribution in [0.2, 0.25) is 0 Å². The summed E-state index contributed by atoms with van der Waals surface area (Å²) in [5.74, 6) is -0.655. The zero-order valence-electron chi connectivity index (χ0n) is 14.5. The molecule has 0 bridgehead atoms. The van der Waals surface area contributed by atoms with Gasteiger partial charge < -0.3 is 5.32 Å². The molecule has 0 saturated carbocycles. The Hall–Kier alpha value is -3.30. The van der Waals surface area contributed by atoms with E-state index in [0.717, 1.165) is 16.9 Å². The predicted octanol–water partition coefficient (Wildman–Crippen LogP) is 2.34. The number of nitrogens with zero attached hydrogens (tertiary/aromatic N) is 4. The first-order valence-electron chi connectivity index (χ1n) is 7.93. The maximum Gasteiger partial charge on any atom is 0.435 e. The van der Waals surface area contributed by atoms with Gasteiger partial charge in [0.2, 0.25) is 5.91 Å². The van der Waals surface area contributed by atoms with E-state index < -0.39 is 29.9 Å². The van der Waals surface area contributed by atoms with Gasteiger partial charge in [-0.25, -0.2) is 4.68 Å². The second-order valence-electron chi connectivity index (χ2n) is 5.88. The van der Waals surface area contributed by atoms with Crippen molar-refractivity contribution in [2.75, 3.05) is 5.32 Å². The number of anilines is 1. The summed E-state index contributed by atoms with van der Waals surface area (Å²) in [7, 11) is 1.67. The monoisotopic (exact) mass is 379 g/mol. The number of benzene rings is 1. The first-order valence-corrected chi connectivity index (χ1v) is 7.93. The fraction of sp³-hybridized carbons (Fsp3) is 0.235. The van der Waals surface area contributed by atoms with E-state index in [4.69, 9.17) is 0 Å². The second kappa shape index (κ2) is 6.78. The largest absolute Gasteiger partial charge is 0.435 e. The van der Waals surface area contributed by atoms with E-state index in [1.165, 1.54) is 4.68 Å². The highest BCUT2D eigenvalue weighted by atomic mass is 19.4. The zero-order chi connectivity index (χ0) is 19.8. The van der Waals surface area contributed by atoms with Crippen LogP contribution in [0.4, 0.5) is 18.9 Å². The van der Waals surface area contributed by atoms with Gasteiger partial charge in [-0.2, -0.15) is 18.3 Å². The molecule has 1 N–H and O–H groups in total. The molecule has 0 spiro atoms. The molecule has 7 nitrogen and oxygen atoms in total. The van der Waals surface area contributed by atoms with Crippen molar-refractivity contribution in [2.45, 2.75) is 19.6 Å². The quantitative estimate of drug-likeness (QED) is 0.756. The van der Waals surface area contributed by atoms with E-state index in [1.54, 1.807) is 42.9 Å². The smallest absolute Gasteiger partial charge is 0.318 e. The number of alkyl halides is 3. The van der Waals surface area contributed by atoms with Crippen LogP contribution in [0.5, 0.6) is 0 Å². The lowest BCUT2D eigenvalue weighted by molar-refractivity contribution is -0.141. The van der Waals surface area contributed by atoms with Gasteiger partial charge in [0.1, 0.15) is 12.2 Å². The van der Waals surface area contributed by atoms with E-state index in [0.29, 0.717) is 11.4 Å². The summed E-state index contributed by atoms with van der Waals surface area (Å²) in [5, 5.41) is 5.79. The van der Waals surface area contributed by atoms with E-state index in [9.17, 15) is 22.8 Å². The highest BCUT2D eigenvalue weighted by molar-refractivity contribution is 5.91. The van der Waals surface area contributed by atoms with E-state index in [-0.39, 0.29) is 5.69 Å². The van der Waals surface area contributed by atoms with Crippen molar-refractivity contribution in [1.82, 2.24) is 19.1 Å². The molecule has 2 heterocycles. The van der Waals surface area contributed by atoms with Gasteiger partial charge in [0.25, 0.3) is 5.56 Å². The van der Waals surface area contributed by atoms with Crippen molar-refractivity contribution < 1.29 is 18.0 Å². The number of para-hydroxylation sites is 1. The highest BCUT2D eigenvalue weighted by Gasteiger charge is 2.33. The van der Waals surface area contributed by atoms with Crippen molar-refractivity contribution in [3.63, 3.8) is 0 Å². The maximum absolute atomic E-state index is 12.7. The lowest BCUT2D eigenvalue weighted by Gasteiger charge is -2.07. The van der Waals surface area contributed by atoms with Crippen LogP contribution in [0.25, 0.3) is 5.69 Å². The second-order valence-corrected chi connectivity index (χ2v) is 5.88. The molecule has 1 amide bonds. The first-order chi connectivity index (χ1) is 12.7. The third kappa shape index (κ3) is 3.64. The lowest BCUT2D eigenvalue weighted by atomic mass is 10.3. The van der Waals surface area contributed by atoms with Gasteiger partial charge in [0, 0.05) is 13.2 Å². The molecule has 0 atom stereocenters. The zero-order valence-corrected chi connectivity index (χ0v) is 14.5. The molecule has 142 valence electrons. The Morgan fingerprint density at radius 2 is 1.85 bits per heavy atom. The summed E-state index contributed by atoms with van der Waals surface area (Å²) in [5.41, 5.74) is -0.331. The van der Waals surface area contributed by atoms with Crippen molar-refractivity contribution in [1.29, 1.82) is 0 Å². The first kappa shape index (κ1) is 18.5. The van der Waals surface area contributed by atoms with Crippen LogP contribution < -0.4 is 10.9 Å². The summed E-state index contributed by atoms with van der Waals surface area (Å²) in [6.45, 7) is 1.21. The average molecular weight is 379 g/mol.